The van der Waals surface area contributed by atoms with Gasteiger partial charge in [0, 0.05) is 0 Å². The second-order valence-corrected chi connectivity index (χ2v) is 5.05. The highest BCUT2D eigenvalue weighted by molar-refractivity contribution is 7.81. The zero-order valence-electron chi connectivity index (χ0n) is 9.83. The largest absolute Gasteiger partial charge is 0.345 e. The molecule has 7 heteroatoms. The number of hydrogen-bond donors (Lipinski definition) is 3. The summed E-state index contributed by atoms with van der Waals surface area (Å²) in [5.41, 5.74) is 0.845. The molecule has 1 aliphatic rings. The summed E-state index contributed by atoms with van der Waals surface area (Å²) in [4.78, 5) is 23.7. The number of hydrazine groups is 1. The SMILES string of the molecule is CC1(S)NC(=O)N(Cc2ccccc2)C(=O)N1N. The van der Waals surface area contributed by atoms with E-state index >= 15 is 0 Å². The molecule has 0 radical (unpaired) electrons. The standard InChI is InChI=1S/C11H14N4O2S/c1-11(18)13-9(16)14(10(17)15(11)12)7-8-5-3-2-4-6-8/h2-6,18H,7,12H2,1H3,(H,13,16). The van der Waals surface area contributed by atoms with Gasteiger partial charge < -0.3 is 5.32 Å². The Balaban J connectivity index is 2.19. The van der Waals surface area contributed by atoms with Gasteiger partial charge in [0.1, 0.15) is 0 Å². The Morgan fingerprint density at radius 1 is 1.33 bits per heavy atom. The van der Waals surface area contributed by atoms with Crippen LogP contribution >= 0.6 is 12.6 Å². The predicted octanol–water partition coefficient (Wildman–Crippen LogP) is 1.11. The molecule has 2 rings (SSSR count). The van der Waals surface area contributed by atoms with Gasteiger partial charge in [-0.1, -0.05) is 30.3 Å². The molecule has 4 amide bonds. The fraction of sp³-hybridized carbons (Fsp3) is 0.273. The lowest BCUT2D eigenvalue weighted by Crippen LogP contribution is -2.70. The van der Waals surface area contributed by atoms with Crippen molar-refractivity contribution in [3.8, 4) is 0 Å². The van der Waals surface area contributed by atoms with E-state index in [0.29, 0.717) is 0 Å². The second kappa shape index (κ2) is 4.51. The average molecular weight is 266 g/mol. The summed E-state index contributed by atoms with van der Waals surface area (Å²) in [5.74, 6) is 5.61. The molecule has 3 N–H and O–H groups in total. The van der Waals surface area contributed by atoms with Crippen molar-refractivity contribution in [2.24, 2.45) is 5.84 Å². The van der Waals surface area contributed by atoms with Crippen LogP contribution in [0.2, 0.25) is 0 Å². The van der Waals surface area contributed by atoms with Gasteiger partial charge in [-0.05, 0) is 12.5 Å². The quantitative estimate of drug-likeness (QED) is 0.426. The van der Waals surface area contributed by atoms with E-state index in [4.69, 9.17) is 5.84 Å². The molecule has 0 aromatic heterocycles. The molecule has 18 heavy (non-hydrogen) atoms. The number of amides is 4. The van der Waals surface area contributed by atoms with Crippen molar-refractivity contribution in [3.05, 3.63) is 35.9 Å². The molecule has 0 aliphatic carbocycles. The van der Waals surface area contributed by atoms with Crippen molar-refractivity contribution in [1.29, 1.82) is 0 Å². The molecule has 0 spiro atoms. The molecule has 96 valence electrons. The highest BCUT2D eigenvalue weighted by Gasteiger charge is 2.42. The van der Waals surface area contributed by atoms with Crippen LogP contribution in [0.15, 0.2) is 30.3 Å². The first-order chi connectivity index (χ1) is 8.42. The number of hydrogen-bond acceptors (Lipinski definition) is 4. The van der Waals surface area contributed by atoms with E-state index in [9.17, 15) is 9.59 Å². The molecule has 1 saturated heterocycles. The minimum absolute atomic E-state index is 0.170. The van der Waals surface area contributed by atoms with Crippen molar-refractivity contribution >= 4 is 24.7 Å². The molecule has 6 nitrogen and oxygen atoms in total. The van der Waals surface area contributed by atoms with Crippen molar-refractivity contribution < 1.29 is 9.59 Å². The Kier molecular flexibility index (Phi) is 3.18. The van der Waals surface area contributed by atoms with Gasteiger partial charge in [0.05, 0.1) is 6.54 Å². The number of nitrogens with two attached hydrogens (primary N) is 1. The number of nitrogens with one attached hydrogen (secondary N) is 1. The number of nitrogens with zero attached hydrogens (tertiary/aromatic N) is 2. The molecule has 1 aromatic rings. The van der Waals surface area contributed by atoms with E-state index < -0.39 is 17.1 Å². The number of thiol groups is 1. The molecule has 1 heterocycles. The van der Waals surface area contributed by atoms with Crippen molar-refractivity contribution in [2.75, 3.05) is 0 Å². The van der Waals surface area contributed by atoms with Crippen LogP contribution in [0.1, 0.15) is 12.5 Å². The van der Waals surface area contributed by atoms with Crippen LogP contribution in [0.25, 0.3) is 0 Å². The first-order valence-electron chi connectivity index (χ1n) is 5.36. The first kappa shape index (κ1) is 12.7. The van der Waals surface area contributed by atoms with E-state index in [1.165, 1.54) is 6.92 Å². The third-order valence-electron chi connectivity index (χ3n) is 2.68. The van der Waals surface area contributed by atoms with Gasteiger partial charge in [0.15, 0.2) is 4.99 Å². The number of benzene rings is 1. The van der Waals surface area contributed by atoms with Crippen molar-refractivity contribution in [1.82, 2.24) is 15.2 Å². The van der Waals surface area contributed by atoms with Crippen molar-refractivity contribution in [2.45, 2.75) is 18.5 Å². The van der Waals surface area contributed by atoms with Crippen molar-refractivity contribution in [3.63, 3.8) is 0 Å². The smallest absolute Gasteiger partial charge is 0.305 e. The summed E-state index contributed by atoms with van der Waals surface area (Å²) < 4.78 is 0. The summed E-state index contributed by atoms with van der Waals surface area (Å²) in [6, 6.07) is 8.10. The van der Waals surface area contributed by atoms with E-state index in [2.05, 4.69) is 17.9 Å². The van der Waals surface area contributed by atoms with Gasteiger partial charge >= 0.3 is 12.1 Å². The van der Waals surface area contributed by atoms with Gasteiger partial charge in [0.25, 0.3) is 0 Å². The topological polar surface area (TPSA) is 78.7 Å². The normalized spacial score (nSPS) is 24.2. The zero-order valence-corrected chi connectivity index (χ0v) is 10.7. The third-order valence-corrected chi connectivity index (χ3v) is 3.01. The van der Waals surface area contributed by atoms with Crippen LogP contribution in [-0.2, 0) is 6.54 Å². The van der Waals surface area contributed by atoms with Crippen LogP contribution in [0.4, 0.5) is 9.59 Å². The average Bonchev–Trinajstić information content (AvgIpc) is 2.33. The van der Waals surface area contributed by atoms with Crippen LogP contribution < -0.4 is 11.2 Å². The van der Waals surface area contributed by atoms with Gasteiger partial charge in [-0.2, -0.15) is 0 Å². The van der Waals surface area contributed by atoms with Crippen LogP contribution in [0.3, 0.4) is 0 Å². The summed E-state index contributed by atoms with van der Waals surface area (Å²) in [7, 11) is 0. The molecule has 1 aliphatic heterocycles. The maximum Gasteiger partial charge on any atom is 0.345 e. The summed E-state index contributed by atoms with van der Waals surface area (Å²) in [6.45, 7) is 1.70. The predicted molar refractivity (Wildman–Crippen MR) is 69.3 cm³/mol. The first-order valence-corrected chi connectivity index (χ1v) is 5.81. The Labute approximate surface area is 110 Å². The number of imide groups is 1. The van der Waals surface area contributed by atoms with Gasteiger partial charge in [0.2, 0.25) is 0 Å². The lowest BCUT2D eigenvalue weighted by Gasteiger charge is -2.42. The minimum atomic E-state index is -1.18. The third kappa shape index (κ3) is 2.27. The van der Waals surface area contributed by atoms with Crippen LogP contribution in [0, 0.1) is 0 Å². The van der Waals surface area contributed by atoms with Gasteiger partial charge in [-0.25, -0.2) is 25.3 Å². The lowest BCUT2D eigenvalue weighted by molar-refractivity contribution is 0.0946. The molecule has 1 atom stereocenters. The van der Waals surface area contributed by atoms with E-state index in [1.54, 1.807) is 0 Å². The monoisotopic (exact) mass is 266 g/mol. The molecule has 1 fully saturated rings. The fourth-order valence-electron chi connectivity index (χ4n) is 1.64. The summed E-state index contributed by atoms with van der Waals surface area (Å²) in [6.07, 6.45) is 0. The van der Waals surface area contributed by atoms with Crippen LogP contribution in [0.5, 0.6) is 0 Å². The highest BCUT2D eigenvalue weighted by Crippen LogP contribution is 2.21. The van der Waals surface area contributed by atoms with E-state index in [1.807, 2.05) is 30.3 Å². The molecule has 1 aromatic carbocycles. The minimum Gasteiger partial charge on any atom is -0.305 e. The number of carbonyl (C=O) groups excluding carboxylic acids is 2. The lowest BCUT2D eigenvalue weighted by atomic mass is 10.2. The number of rotatable bonds is 2. The molecular formula is C11H14N4O2S. The summed E-state index contributed by atoms with van der Waals surface area (Å²) in [5, 5.41) is 3.43. The highest BCUT2D eigenvalue weighted by atomic mass is 32.1. The zero-order chi connectivity index (χ0) is 13.3. The summed E-state index contributed by atoms with van der Waals surface area (Å²) >= 11 is 4.12. The number of urea groups is 2. The van der Waals surface area contributed by atoms with Gasteiger partial charge in [-0.15, -0.1) is 12.6 Å². The molecule has 0 saturated carbocycles. The Bertz CT molecular complexity index is 477. The Hall–Kier alpha value is -1.73. The molecular weight excluding hydrogens is 252 g/mol. The maximum absolute atomic E-state index is 12.0. The fourth-order valence-corrected chi connectivity index (χ4v) is 1.82. The molecule has 1 unspecified atom stereocenters. The number of carbonyl (C=O) groups is 2. The molecule has 0 bridgehead atoms. The van der Waals surface area contributed by atoms with Crippen LogP contribution in [-0.4, -0.2) is 27.0 Å². The second-order valence-electron chi connectivity index (χ2n) is 4.18. The maximum atomic E-state index is 12.0. The van der Waals surface area contributed by atoms with Gasteiger partial charge in [-0.3, -0.25) is 0 Å². The Morgan fingerprint density at radius 2 is 1.94 bits per heavy atom. The Morgan fingerprint density at radius 3 is 2.56 bits per heavy atom. The van der Waals surface area contributed by atoms with E-state index in [-0.39, 0.29) is 6.54 Å². The van der Waals surface area contributed by atoms with E-state index in [0.717, 1.165) is 15.5 Å².